The zero-order chi connectivity index (χ0) is 15.2. The minimum absolute atomic E-state index is 0.198. The van der Waals surface area contributed by atoms with Gasteiger partial charge < -0.3 is 9.73 Å². The Hall–Kier alpha value is -2.23. The number of urea groups is 1. The number of aromatic nitrogens is 1. The summed E-state index contributed by atoms with van der Waals surface area (Å²) >= 11 is 3.13. The standard InChI is InChI=1S/C12H11BrFN5O2/c13-11-7(1-4-10-16-5-6-21-10)9(3-2-8(11)14)17-12(20)18-19-15/h1-6,19H,15H2,(H2,17,18,20)/b4-1+. The van der Waals surface area contributed by atoms with Crippen molar-refractivity contribution in [3.63, 3.8) is 0 Å². The van der Waals surface area contributed by atoms with Crippen molar-refractivity contribution in [3.8, 4) is 0 Å². The molecule has 5 N–H and O–H groups in total. The van der Waals surface area contributed by atoms with Crippen LogP contribution in [0.3, 0.4) is 0 Å². The van der Waals surface area contributed by atoms with E-state index in [-0.39, 0.29) is 4.47 Å². The van der Waals surface area contributed by atoms with Crippen LogP contribution in [0.1, 0.15) is 11.5 Å². The van der Waals surface area contributed by atoms with Gasteiger partial charge in [-0.15, -0.1) is 0 Å². The molecule has 9 heteroatoms. The van der Waals surface area contributed by atoms with Gasteiger partial charge >= 0.3 is 6.03 Å². The zero-order valence-electron chi connectivity index (χ0n) is 10.6. The maximum Gasteiger partial charge on any atom is 0.334 e. The number of rotatable bonds is 4. The number of oxazole rings is 1. The Labute approximate surface area is 127 Å². The van der Waals surface area contributed by atoms with Crippen molar-refractivity contribution in [3.05, 3.63) is 46.3 Å². The molecule has 0 radical (unpaired) electrons. The number of nitrogens with one attached hydrogen (secondary N) is 3. The van der Waals surface area contributed by atoms with Gasteiger partial charge in [0.25, 0.3) is 0 Å². The lowest BCUT2D eigenvalue weighted by atomic mass is 10.1. The van der Waals surface area contributed by atoms with Crippen LogP contribution in [-0.4, -0.2) is 11.0 Å². The number of carbonyl (C=O) groups is 1. The average Bonchev–Trinajstić information content (AvgIpc) is 2.96. The summed E-state index contributed by atoms with van der Waals surface area (Å²) in [7, 11) is 0. The van der Waals surface area contributed by atoms with E-state index in [0.29, 0.717) is 17.1 Å². The van der Waals surface area contributed by atoms with E-state index in [1.54, 1.807) is 12.2 Å². The molecule has 0 aliphatic rings. The highest BCUT2D eigenvalue weighted by molar-refractivity contribution is 9.10. The predicted octanol–water partition coefficient (Wildman–Crippen LogP) is 2.25. The van der Waals surface area contributed by atoms with Gasteiger partial charge in [0.2, 0.25) is 5.89 Å². The molecule has 1 aromatic heterocycles. The molecule has 7 nitrogen and oxygen atoms in total. The summed E-state index contributed by atoms with van der Waals surface area (Å²) in [6, 6.07) is 2.05. The van der Waals surface area contributed by atoms with Crippen LogP contribution in [0, 0.1) is 5.82 Å². The van der Waals surface area contributed by atoms with Crippen molar-refractivity contribution >= 4 is 39.8 Å². The van der Waals surface area contributed by atoms with Gasteiger partial charge in [-0.3, -0.25) is 11.3 Å². The Kier molecular flexibility index (Phi) is 5.04. The fraction of sp³-hybridized carbons (Fsp3) is 0. The summed E-state index contributed by atoms with van der Waals surface area (Å²) in [5.74, 6) is 4.86. The molecule has 1 aromatic carbocycles. The van der Waals surface area contributed by atoms with E-state index in [0.717, 1.165) is 0 Å². The van der Waals surface area contributed by atoms with Crippen molar-refractivity contribution in [1.82, 2.24) is 15.9 Å². The second-order valence-corrected chi connectivity index (χ2v) is 4.54. The van der Waals surface area contributed by atoms with E-state index >= 15 is 0 Å². The number of hydrogen-bond donors (Lipinski definition) is 4. The van der Waals surface area contributed by atoms with Crippen LogP contribution < -0.4 is 22.1 Å². The Morgan fingerprint density at radius 3 is 2.90 bits per heavy atom. The van der Waals surface area contributed by atoms with Crippen molar-refractivity contribution in [2.24, 2.45) is 5.84 Å². The third kappa shape index (κ3) is 3.88. The first-order valence-corrected chi connectivity index (χ1v) is 6.49. The smallest absolute Gasteiger partial charge is 0.334 e. The van der Waals surface area contributed by atoms with Crippen molar-refractivity contribution in [2.45, 2.75) is 0 Å². The molecular weight excluding hydrogens is 345 g/mol. The molecule has 2 amide bonds. The third-order valence-corrected chi connectivity index (χ3v) is 3.22. The average molecular weight is 356 g/mol. The molecule has 0 spiro atoms. The highest BCUT2D eigenvalue weighted by Gasteiger charge is 2.11. The largest absolute Gasteiger partial charge is 0.445 e. The molecule has 0 fully saturated rings. The van der Waals surface area contributed by atoms with Crippen LogP contribution in [0.25, 0.3) is 12.2 Å². The van der Waals surface area contributed by atoms with E-state index in [9.17, 15) is 9.18 Å². The third-order valence-electron chi connectivity index (χ3n) is 2.41. The lowest BCUT2D eigenvalue weighted by molar-refractivity contribution is 0.248. The summed E-state index contributed by atoms with van der Waals surface area (Å²) in [4.78, 5) is 15.4. The summed E-state index contributed by atoms with van der Waals surface area (Å²) in [6.45, 7) is 0. The van der Waals surface area contributed by atoms with Crippen molar-refractivity contribution in [1.29, 1.82) is 0 Å². The van der Waals surface area contributed by atoms with Gasteiger partial charge in [0, 0.05) is 11.6 Å². The lowest BCUT2D eigenvalue weighted by Gasteiger charge is -2.11. The summed E-state index contributed by atoms with van der Waals surface area (Å²) in [5, 5.41) is 2.52. The molecule has 21 heavy (non-hydrogen) atoms. The summed E-state index contributed by atoms with van der Waals surface area (Å²) in [5.41, 5.74) is 4.93. The Morgan fingerprint density at radius 2 is 2.24 bits per heavy atom. The van der Waals surface area contributed by atoms with Gasteiger partial charge in [-0.2, -0.15) is 5.53 Å². The number of anilines is 1. The first kappa shape index (κ1) is 15.2. The van der Waals surface area contributed by atoms with Crippen LogP contribution in [0.4, 0.5) is 14.9 Å². The summed E-state index contributed by atoms with van der Waals surface area (Å²) < 4.78 is 18.9. The molecule has 0 bridgehead atoms. The first-order valence-electron chi connectivity index (χ1n) is 5.70. The predicted molar refractivity (Wildman–Crippen MR) is 79.0 cm³/mol. The minimum atomic E-state index is -0.596. The fourth-order valence-corrected chi connectivity index (χ4v) is 2.01. The van der Waals surface area contributed by atoms with Crippen LogP contribution in [0.5, 0.6) is 0 Å². The van der Waals surface area contributed by atoms with Crippen molar-refractivity contribution in [2.75, 3.05) is 5.32 Å². The highest BCUT2D eigenvalue weighted by atomic mass is 79.9. The van der Waals surface area contributed by atoms with Gasteiger partial charge in [-0.25, -0.2) is 14.2 Å². The molecule has 0 unspecified atom stereocenters. The van der Waals surface area contributed by atoms with Gasteiger partial charge in [-0.1, -0.05) is 0 Å². The van der Waals surface area contributed by atoms with Gasteiger partial charge in [0.05, 0.1) is 16.4 Å². The van der Waals surface area contributed by atoms with E-state index < -0.39 is 11.8 Å². The minimum Gasteiger partial charge on any atom is -0.445 e. The zero-order valence-corrected chi connectivity index (χ0v) is 12.1. The fourth-order valence-electron chi connectivity index (χ4n) is 1.53. The van der Waals surface area contributed by atoms with E-state index in [4.69, 9.17) is 10.3 Å². The van der Waals surface area contributed by atoms with E-state index in [1.165, 1.54) is 24.6 Å². The molecule has 0 saturated heterocycles. The SMILES string of the molecule is NNNC(=O)Nc1ccc(F)c(Br)c1/C=C/c1ncco1. The second-order valence-electron chi connectivity index (χ2n) is 3.75. The monoisotopic (exact) mass is 355 g/mol. The highest BCUT2D eigenvalue weighted by Crippen LogP contribution is 2.29. The number of carbonyl (C=O) groups excluding carboxylic acids is 1. The van der Waals surface area contributed by atoms with E-state index in [1.807, 2.05) is 5.53 Å². The first-order chi connectivity index (χ1) is 10.1. The van der Waals surface area contributed by atoms with Gasteiger partial charge in [-0.05, 0) is 34.1 Å². The number of nitrogens with zero attached hydrogens (tertiary/aromatic N) is 1. The molecule has 110 valence electrons. The number of hydrazine groups is 2. The number of benzene rings is 1. The Morgan fingerprint density at radius 1 is 1.43 bits per heavy atom. The lowest BCUT2D eigenvalue weighted by Crippen LogP contribution is -2.44. The van der Waals surface area contributed by atoms with Gasteiger partial charge in [0.1, 0.15) is 12.1 Å². The molecule has 0 aliphatic heterocycles. The topological polar surface area (TPSA) is 105 Å². The normalized spacial score (nSPS) is 10.8. The molecule has 0 saturated carbocycles. The number of halogens is 2. The number of amides is 2. The number of hydrogen-bond acceptors (Lipinski definition) is 5. The van der Waals surface area contributed by atoms with Crippen LogP contribution in [0.2, 0.25) is 0 Å². The molecule has 2 rings (SSSR count). The second kappa shape index (κ2) is 6.97. The molecule has 1 heterocycles. The van der Waals surface area contributed by atoms with Gasteiger partial charge in [0.15, 0.2) is 0 Å². The summed E-state index contributed by atoms with van der Waals surface area (Å²) in [6.07, 6.45) is 6.01. The molecular formula is C12H11BrFN5O2. The molecule has 0 aliphatic carbocycles. The molecule has 2 aromatic rings. The number of nitrogens with two attached hydrogens (primary N) is 1. The van der Waals surface area contributed by atoms with Crippen molar-refractivity contribution < 1.29 is 13.6 Å². The maximum absolute atomic E-state index is 13.6. The van der Waals surface area contributed by atoms with Crippen LogP contribution in [0.15, 0.2) is 33.5 Å². The Balaban J connectivity index is 2.32. The molecule has 0 atom stereocenters. The maximum atomic E-state index is 13.6. The van der Waals surface area contributed by atoms with Crippen LogP contribution in [-0.2, 0) is 0 Å². The quantitative estimate of drug-likeness (QED) is 0.497. The van der Waals surface area contributed by atoms with Crippen LogP contribution >= 0.6 is 15.9 Å². The Bertz CT molecular complexity index is 660. The van der Waals surface area contributed by atoms with E-state index in [2.05, 4.69) is 31.7 Å².